The summed E-state index contributed by atoms with van der Waals surface area (Å²) >= 11 is 0. The lowest BCUT2D eigenvalue weighted by molar-refractivity contribution is 0.370. The highest BCUT2D eigenvalue weighted by atomic mass is 16.5. The molecule has 0 unspecified atom stereocenters. The van der Waals surface area contributed by atoms with Gasteiger partial charge in [0, 0.05) is 60.3 Å². The molecule has 12 rings (SSSR count). The summed E-state index contributed by atoms with van der Waals surface area (Å²) in [6, 6.07) is 88.8. The monoisotopic (exact) mass is 1460 g/mol. The number of benzene rings is 7. The van der Waals surface area contributed by atoms with Gasteiger partial charge < -0.3 is 13.8 Å². The molecule has 0 radical (unpaired) electrons. The molecular weight excluding hydrogens is 1320 g/mol. The fourth-order valence-electron chi connectivity index (χ4n) is 10.2. The van der Waals surface area contributed by atoms with E-state index < -0.39 is 0 Å². The van der Waals surface area contributed by atoms with E-state index in [1.807, 2.05) is 223 Å². The van der Waals surface area contributed by atoms with Gasteiger partial charge in [0.1, 0.15) is 28.7 Å². The minimum absolute atomic E-state index is 0.578. The molecule has 0 aliphatic rings. The molecule has 0 spiro atoms. The third-order valence-electron chi connectivity index (χ3n) is 14.6. The van der Waals surface area contributed by atoms with E-state index in [1.165, 1.54) is 50.9 Å². The Morgan fingerprint density at radius 1 is 0.250 bits per heavy atom. The topological polar surface area (TPSA) is 100.0 Å². The number of hydrogen-bond donors (Lipinski definition) is 0. The fraction of sp³-hybridized carbons (Fsp3) is 0.370. The molecule has 5 heterocycles. The summed E-state index contributed by atoms with van der Waals surface area (Å²) in [6.07, 6.45) is 12.0. The highest BCUT2D eigenvalue weighted by Gasteiger charge is 2.10. The molecule has 8 nitrogen and oxygen atoms in total. The number of aromatic nitrogens is 5. The van der Waals surface area contributed by atoms with Crippen molar-refractivity contribution >= 4 is 0 Å². The first-order chi connectivity index (χ1) is 52.5. The maximum Gasteiger partial charge on any atom is 0.137 e. The molecule has 108 heavy (non-hydrogen) atoms. The normalized spacial score (nSPS) is 9.69. The first kappa shape index (κ1) is 98.2. The molecule has 0 bridgehead atoms. The van der Waals surface area contributed by atoms with Crippen LogP contribution in [-0.4, -0.2) is 32.4 Å². The zero-order valence-corrected chi connectivity index (χ0v) is 71.2. The third-order valence-corrected chi connectivity index (χ3v) is 14.6. The molecule has 0 saturated carbocycles. The van der Waals surface area contributed by atoms with Crippen molar-refractivity contribution in [3.8, 4) is 62.0 Å². The minimum atomic E-state index is 0.578. The number of methoxy groups -OCH3 is 1. The molecule has 5 aromatic heterocycles. The Kier molecular flexibility index (Phi) is 57.6. The summed E-state index contributed by atoms with van der Waals surface area (Å²) in [5.41, 5.74) is 16.3. The van der Waals surface area contributed by atoms with Crippen LogP contribution in [0.1, 0.15) is 200 Å². The van der Waals surface area contributed by atoms with Crippen molar-refractivity contribution in [1.82, 2.24) is 25.3 Å². The molecule has 0 N–H and O–H groups in total. The summed E-state index contributed by atoms with van der Waals surface area (Å²) in [7, 11) is 1.66. The van der Waals surface area contributed by atoms with Gasteiger partial charge in [-0.1, -0.05) is 383 Å². The third kappa shape index (κ3) is 44.4. The summed E-state index contributed by atoms with van der Waals surface area (Å²) < 4.78 is 15.4. The average Bonchev–Trinajstić information content (AvgIpc) is 1.27. The summed E-state index contributed by atoms with van der Waals surface area (Å²) in [5, 5.41) is 8.07. The second-order valence-corrected chi connectivity index (χ2v) is 26.4. The van der Waals surface area contributed by atoms with E-state index in [0.717, 1.165) is 95.2 Å². The lowest BCUT2D eigenvalue weighted by Crippen LogP contribution is -1.95. The van der Waals surface area contributed by atoms with Gasteiger partial charge in [-0.05, 0) is 137 Å². The van der Waals surface area contributed by atoms with E-state index in [9.17, 15) is 0 Å². The summed E-state index contributed by atoms with van der Waals surface area (Å²) in [5.74, 6) is 6.85. The Bertz CT molecular complexity index is 3580. The van der Waals surface area contributed by atoms with Crippen molar-refractivity contribution in [2.24, 2.45) is 35.5 Å². The molecule has 8 heteroatoms. The van der Waals surface area contributed by atoms with Crippen LogP contribution in [0.2, 0.25) is 0 Å². The molecule has 12 aromatic rings. The van der Waals surface area contributed by atoms with Crippen LogP contribution in [0.4, 0.5) is 0 Å². The molecule has 582 valence electrons. The van der Waals surface area contributed by atoms with Crippen LogP contribution >= 0.6 is 0 Å². The van der Waals surface area contributed by atoms with Crippen LogP contribution < -0.4 is 4.74 Å². The molecule has 0 aliphatic carbocycles. The smallest absolute Gasteiger partial charge is 0.137 e. The highest BCUT2D eigenvalue weighted by Crippen LogP contribution is 2.24. The lowest BCUT2D eigenvalue weighted by atomic mass is 9.99. The number of pyridine rings is 3. The Labute approximate surface area is 657 Å². The van der Waals surface area contributed by atoms with Gasteiger partial charge in [-0.3, -0.25) is 15.0 Å². The van der Waals surface area contributed by atoms with Gasteiger partial charge in [0.05, 0.1) is 24.2 Å². The Morgan fingerprint density at radius 2 is 0.537 bits per heavy atom. The zero-order chi connectivity index (χ0) is 80.7. The minimum Gasteiger partial charge on any atom is -0.497 e. The summed E-state index contributed by atoms with van der Waals surface area (Å²) in [4.78, 5) is 13.1. The average molecular weight is 1460 g/mol. The van der Waals surface area contributed by atoms with Crippen molar-refractivity contribution in [2.75, 3.05) is 7.11 Å². The van der Waals surface area contributed by atoms with E-state index in [1.54, 1.807) is 13.3 Å². The van der Waals surface area contributed by atoms with Gasteiger partial charge in [-0.25, -0.2) is 0 Å². The van der Waals surface area contributed by atoms with Gasteiger partial charge in [-0.2, -0.15) is 0 Å². The second kappa shape index (κ2) is 63.3. The number of nitrogens with zero attached hydrogens (tertiary/aromatic N) is 5. The molecule has 0 saturated heterocycles. The zero-order valence-electron chi connectivity index (χ0n) is 71.2. The van der Waals surface area contributed by atoms with Crippen molar-refractivity contribution in [1.29, 1.82) is 0 Å². The van der Waals surface area contributed by atoms with Crippen molar-refractivity contribution in [3.05, 3.63) is 313 Å². The van der Waals surface area contributed by atoms with Crippen LogP contribution in [0.3, 0.4) is 0 Å². The number of ether oxygens (including phenoxy) is 1. The maximum absolute atomic E-state index is 5.28. The fourth-order valence-corrected chi connectivity index (χ4v) is 10.2. The maximum atomic E-state index is 5.28. The molecule has 0 amide bonds. The van der Waals surface area contributed by atoms with E-state index in [0.29, 0.717) is 23.7 Å². The number of para-hydroxylation sites is 1. The first-order valence-corrected chi connectivity index (χ1v) is 40.2. The van der Waals surface area contributed by atoms with E-state index in [4.69, 9.17) is 13.8 Å². The van der Waals surface area contributed by atoms with Crippen LogP contribution in [0.5, 0.6) is 5.75 Å². The largest absolute Gasteiger partial charge is 0.497 e. The van der Waals surface area contributed by atoms with Crippen molar-refractivity contribution in [2.45, 2.75) is 205 Å². The molecule has 0 atom stereocenters. The van der Waals surface area contributed by atoms with Crippen LogP contribution in [0.15, 0.2) is 288 Å². The quantitative estimate of drug-likeness (QED) is 0.0838. The molecule has 0 fully saturated rings. The van der Waals surface area contributed by atoms with E-state index in [-0.39, 0.29) is 0 Å². The highest BCUT2D eigenvalue weighted by molar-refractivity contribution is 5.64. The van der Waals surface area contributed by atoms with Crippen LogP contribution in [0, 0.1) is 35.5 Å². The van der Waals surface area contributed by atoms with Crippen LogP contribution in [0.25, 0.3) is 56.3 Å². The first-order valence-electron chi connectivity index (χ1n) is 40.2. The Balaban J connectivity index is 0.00000122. The van der Waals surface area contributed by atoms with E-state index in [2.05, 4.69) is 242 Å². The summed E-state index contributed by atoms with van der Waals surface area (Å²) in [6.45, 7) is 50.6. The number of hydrogen-bond acceptors (Lipinski definition) is 8. The van der Waals surface area contributed by atoms with Gasteiger partial charge in [0.2, 0.25) is 0 Å². The molecular formula is C100H139N5O3. The number of rotatable bonds is 18. The Morgan fingerprint density at radius 3 is 0.898 bits per heavy atom. The molecule has 7 aromatic carbocycles. The standard InChI is InChI=1S/C16H18.2C15H17N.C13H15NO.C12H14N2O.C10H14.C7H8O.6C2H6/c1-13(2)12-14-8-10-16(11-9-14)15-6-4-3-5-7-15;1-12(2)11-13-6-8-14(9-7-13)15-5-3-4-10-16-15;1-12(2)10-13-8-9-15(16-11-13)14-6-4-3-5-7-14;1-10(2)8-12-9-13(14-15-12)11-6-4-3-5-7-11;1-9(2)7-10-8-12(14-15-10)11-5-3-4-6-13-11;1-9(2)8-10-6-4-3-5-7-10;1-8-7-5-3-2-4-6-7;6*1-2/h3-11,13H,12H2,1-2H3;3-10,12H,11H2,1-2H3;3-9,11-12H,10H2,1-2H3;3-7,9-10H,8H2,1-2H3;3-6,8-9H,7H2,1-2H3;3-7,9H,8H2,1-2H3;2-6H,1H3;6*1-2H3. The molecule has 0 aliphatic heterocycles. The van der Waals surface area contributed by atoms with Crippen molar-refractivity contribution < 1.29 is 13.8 Å². The predicted octanol–water partition coefficient (Wildman–Crippen LogP) is 29.7. The van der Waals surface area contributed by atoms with Gasteiger partial charge in [0.15, 0.2) is 0 Å². The Hall–Kier alpha value is -9.79. The van der Waals surface area contributed by atoms with Gasteiger partial charge in [-0.15, -0.1) is 0 Å². The predicted molar refractivity (Wildman–Crippen MR) is 472 cm³/mol. The van der Waals surface area contributed by atoms with Crippen molar-refractivity contribution in [3.63, 3.8) is 0 Å². The van der Waals surface area contributed by atoms with Gasteiger partial charge >= 0.3 is 0 Å². The lowest BCUT2D eigenvalue weighted by Gasteiger charge is -2.06. The van der Waals surface area contributed by atoms with Crippen LogP contribution in [-0.2, 0) is 38.5 Å². The SMILES string of the molecule is CC.CC.CC.CC.CC.CC.CC(C)Cc1cc(-c2ccccc2)no1.CC(C)Cc1cc(-c2ccccn2)no1.CC(C)Cc1ccc(-c2ccccc2)cc1.CC(C)Cc1ccc(-c2ccccc2)nc1.CC(C)Cc1ccc(-c2ccccn2)cc1.CC(C)Cc1ccccc1.COc1ccccc1. The second-order valence-electron chi connectivity index (χ2n) is 26.4. The van der Waals surface area contributed by atoms with E-state index >= 15 is 0 Å². The van der Waals surface area contributed by atoms with Gasteiger partial charge in [0.25, 0.3) is 0 Å².